The number of pyridine rings is 1. The molecular formula is C24H28ClN3O. The molecule has 0 atom stereocenters. The van der Waals surface area contributed by atoms with E-state index in [9.17, 15) is 4.79 Å². The van der Waals surface area contributed by atoms with Crippen molar-refractivity contribution in [3.05, 3.63) is 83.5 Å². The number of amides is 1. The van der Waals surface area contributed by atoms with Crippen LogP contribution in [0.4, 0.5) is 5.82 Å². The fourth-order valence-electron chi connectivity index (χ4n) is 2.68. The third-order valence-corrected chi connectivity index (χ3v) is 4.29. The van der Waals surface area contributed by atoms with Gasteiger partial charge >= 0.3 is 0 Å². The molecule has 1 heterocycles. The highest BCUT2D eigenvalue weighted by molar-refractivity contribution is 6.30. The summed E-state index contributed by atoms with van der Waals surface area (Å²) in [7, 11) is 1.81. The molecule has 4 nitrogen and oxygen atoms in total. The largest absolute Gasteiger partial charge is 0.368 e. The average molecular weight is 410 g/mol. The van der Waals surface area contributed by atoms with E-state index in [-0.39, 0.29) is 5.91 Å². The maximum absolute atomic E-state index is 12.9. The van der Waals surface area contributed by atoms with Crippen molar-refractivity contribution >= 4 is 23.3 Å². The van der Waals surface area contributed by atoms with E-state index >= 15 is 0 Å². The molecule has 0 fully saturated rings. The number of rotatable bonds is 6. The van der Waals surface area contributed by atoms with Crippen LogP contribution >= 0.6 is 11.6 Å². The summed E-state index contributed by atoms with van der Waals surface area (Å²) in [6.07, 6.45) is 2.84. The molecule has 29 heavy (non-hydrogen) atoms. The highest BCUT2D eigenvalue weighted by atomic mass is 35.5. The first-order valence-electron chi connectivity index (χ1n) is 9.82. The van der Waals surface area contributed by atoms with Crippen molar-refractivity contribution in [1.29, 1.82) is 0 Å². The quantitative estimate of drug-likeness (QED) is 0.542. The van der Waals surface area contributed by atoms with Crippen LogP contribution in [0.2, 0.25) is 5.02 Å². The van der Waals surface area contributed by atoms with Gasteiger partial charge < -0.3 is 10.2 Å². The molecule has 0 saturated carbocycles. The molecule has 1 amide bonds. The van der Waals surface area contributed by atoms with E-state index in [0.717, 1.165) is 16.9 Å². The lowest BCUT2D eigenvalue weighted by Crippen LogP contribution is -2.31. The molecule has 0 spiro atoms. The zero-order valence-electron chi connectivity index (χ0n) is 17.2. The molecule has 3 rings (SSSR count). The predicted octanol–water partition coefficient (Wildman–Crippen LogP) is 6.00. The minimum atomic E-state index is -0.00433. The first kappa shape index (κ1) is 22.4. The Bertz CT molecular complexity index is 882. The van der Waals surface area contributed by atoms with Crippen molar-refractivity contribution in [2.75, 3.05) is 25.5 Å². The van der Waals surface area contributed by atoms with Crippen molar-refractivity contribution in [2.24, 2.45) is 0 Å². The summed E-state index contributed by atoms with van der Waals surface area (Å²) >= 11 is 5.83. The molecule has 0 aliphatic rings. The second-order valence-electron chi connectivity index (χ2n) is 6.63. The normalized spacial score (nSPS) is 9.93. The Kier molecular flexibility index (Phi) is 9.19. The number of nitrogens with one attached hydrogen (secondary N) is 1. The predicted molar refractivity (Wildman–Crippen MR) is 123 cm³/mol. The van der Waals surface area contributed by atoms with Crippen molar-refractivity contribution in [3.63, 3.8) is 0 Å². The minimum Gasteiger partial charge on any atom is -0.368 e. The summed E-state index contributed by atoms with van der Waals surface area (Å²) in [6, 6.07) is 21.2. The summed E-state index contributed by atoms with van der Waals surface area (Å²) in [5.41, 5.74) is 2.68. The fourth-order valence-corrected chi connectivity index (χ4v) is 2.79. The third-order valence-electron chi connectivity index (χ3n) is 4.07. The van der Waals surface area contributed by atoms with Crippen LogP contribution in [0.3, 0.4) is 0 Å². The maximum Gasteiger partial charge on any atom is 0.254 e. The molecule has 0 saturated heterocycles. The van der Waals surface area contributed by atoms with Crippen molar-refractivity contribution in [3.8, 4) is 11.1 Å². The molecule has 1 N–H and O–H groups in total. The average Bonchev–Trinajstić information content (AvgIpc) is 2.76. The van der Waals surface area contributed by atoms with Gasteiger partial charge in [0, 0.05) is 31.9 Å². The van der Waals surface area contributed by atoms with Gasteiger partial charge in [0.05, 0.1) is 5.02 Å². The fraction of sp³-hybridized carbons (Fsp3) is 0.250. The van der Waals surface area contributed by atoms with Gasteiger partial charge in [-0.15, -0.1) is 0 Å². The Morgan fingerprint density at radius 1 is 1.00 bits per heavy atom. The number of anilines is 1. The van der Waals surface area contributed by atoms with E-state index in [4.69, 9.17) is 11.6 Å². The molecule has 0 aliphatic carbocycles. The number of benzene rings is 2. The van der Waals surface area contributed by atoms with Crippen LogP contribution in [0.1, 0.15) is 30.6 Å². The molecular weight excluding hydrogens is 382 g/mol. The van der Waals surface area contributed by atoms with Crippen LogP contribution < -0.4 is 5.32 Å². The van der Waals surface area contributed by atoms with Crippen LogP contribution in [-0.4, -0.2) is 35.9 Å². The Balaban J connectivity index is 0.000000941. The van der Waals surface area contributed by atoms with Gasteiger partial charge in [0.1, 0.15) is 5.82 Å². The van der Waals surface area contributed by atoms with Gasteiger partial charge in [-0.1, -0.05) is 80.4 Å². The maximum atomic E-state index is 12.9. The lowest BCUT2D eigenvalue weighted by atomic mass is 9.99. The number of halogens is 1. The van der Waals surface area contributed by atoms with E-state index in [1.165, 1.54) is 6.42 Å². The van der Waals surface area contributed by atoms with Crippen LogP contribution in [0.15, 0.2) is 72.9 Å². The van der Waals surface area contributed by atoms with Crippen LogP contribution in [0.5, 0.6) is 0 Å². The Morgan fingerprint density at radius 2 is 1.66 bits per heavy atom. The van der Waals surface area contributed by atoms with Crippen LogP contribution in [0, 0.1) is 0 Å². The first-order valence-corrected chi connectivity index (χ1v) is 10.2. The summed E-state index contributed by atoms with van der Waals surface area (Å²) in [5, 5.41) is 3.79. The topological polar surface area (TPSA) is 45.2 Å². The molecule has 5 heteroatoms. The van der Waals surface area contributed by atoms with Gasteiger partial charge in [0.2, 0.25) is 0 Å². The Labute approximate surface area is 178 Å². The molecule has 1 aromatic heterocycles. The van der Waals surface area contributed by atoms with Gasteiger partial charge in [0.25, 0.3) is 5.91 Å². The zero-order valence-corrected chi connectivity index (χ0v) is 18.0. The smallest absolute Gasteiger partial charge is 0.254 e. The second-order valence-corrected chi connectivity index (χ2v) is 7.07. The lowest BCUT2D eigenvalue weighted by molar-refractivity contribution is 0.0801. The van der Waals surface area contributed by atoms with Crippen LogP contribution in [0.25, 0.3) is 11.1 Å². The second kappa shape index (κ2) is 11.9. The highest BCUT2D eigenvalue weighted by Gasteiger charge is 2.16. The number of aromatic nitrogens is 1. The highest BCUT2D eigenvalue weighted by Crippen LogP contribution is 2.24. The van der Waals surface area contributed by atoms with Crippen molar-refractivity contribution < 1.29 is 4.79 Å². The van der Waals surface area contributed by atoms with Gasteiger partial charge in [-0.25, -0.2) is 4.98 Å². The summed E-state index contributed by atoms with van der Waals surface area (Å²) in [5.74, 6) is 0.732. The van der Waals surface area contributed by atoms with E-state index in [1.54, 1.807) is 24.2 Å². The van der Waals surface area contributed by atoms with Gasteiger partial charge in [0.15, 0.2) is 0 Å². The number of nitrogens with zero attached hydrogens (tertiary/aromatic N) is 2. The minimum absolute atomic E-state index is 0.00433. The molecule has 0 bridgehead atoms. The Morgan fingerprint density at radius 3 is 2.31 bits per heavy atom. The molecule has 2 aromatic carbocycles. The van der Waals surface area contributed by atoms with E-state index in [0.29, 0.717) is 23.7 Å². The number of carbonyl (C=O) groups is 1. The number of hydrogen-bond acceptors (Lipinski definition) is 3. The molecule has 0 aliphatic heterocycles. The first-order chi connectivity index (χ1) is 14.1. The van der Waals surface area contributed by atoms with E-state index < -0.39 is 0 Å². The van der Waals surface area contributed by atoms with Crippen molar-refractivity contribution in [2.45, 2.75) is 20.3 Å². The molecule has 0 radical (unpaired) electrons. The standard InChI is InChI=1S/C21H20ClN3O.C3H8/c1-25(14-13-23-20-12-11-17(22)15-24-20)21(26)19-10-6-5-9-18(19)16-7-3-2-4-8-16;1-3-2/h2-12,15H,13-14H2,1H3,(H,23,24);3H2,1-2H3. The van der Waals surface area contributed by atoms with E-state index in [1.807, 2.05) is 60.7 Å². The molecule has 3 aromatic rings. The lowest BCUT2D eigenvalue weighted by Gasteiger charge is -2.19. The SMILES string of the molecule is CCC.CN(CCNc1ccc(Cl)cn1)C(=O)c1ccccc1-c1ccccc1. The number of hydrogen-bond donors (Lipinski definition) is 1. The van der Waals surface area contributed by atoms with Gasteiger partial charge in [-0.05, 0) is 29.3 Å². The number of carbonyl (C=O) groups excluding carboxylic acids is 1. The zero-order chi connectivity index (χ0) is 21.1. The molecule has 152 valence electrons. The summed E-state index contributed by atoms with van der Waals surface area (Å²) in [6.45, 7) is 5.41. The van der Waals surface area contributed by atoms with Gasteiger partial charge in [-0.3, -0.25) is 4.79 Å². The van der Waals surface area contributed by atoms with Crippen molar-refractivity contribution in [1.82, 2.24) is 9.88 Å². The monoisotopic (exact) mass is 409 g/mol. The van der Waals surface area contributed by atoms with E-state index in [2.05, 4.69) is 24.1 Å². The summed E-state index contributed by atoms with van der Waals surface area (Å²) < 4.78 is 0. The Hall–Kier alpha value is -2.85. The summed E-state index contributed by atoms with van der Waals surface area (Å²) in [4.78, 5) is 18.8. The third kappa shape index (κ3) is 6.91. The van der Waals surface area contributed by atoms with Crippen LogP contribution in [-0.2, 0) is 0 Å². The molecule has 0 unspecified atom stereocenters. The van der Waals surface area contributed by atoms with Gasteiger partial charge in [-0.2, -0.15) is 0 Å². The number of likely N-dealkylation sites (N-methyl/N-ethyl adjacent to an activating group) is 1.